The predicted octanol–water partition coefficient (Wildman–Crippen LogP) is 2.79. The van der Waals surface area contributed by atoms with E-state index in [4.69, 9.17) is 14.5 Å². The summed E-state index contributed by atoms with van der Waals surface area (Å²) in [6.45, 7) is 5.57. The van der Waals surface area contributed by atoms with Gasteiger partial charge in [-0.1, -0.05) is 6.42 Å². The summed E-state index contributed by atoms with van der Waals surface area (Å²) >= 11 is 0. The third-order valence-corrected chi connectivity index (χ3v) is 3.19. The maximum absolute atomic E-state index is 9.38. The second-order valence-electron chi connectivity index (χ2n) is 5.65. The van der Waals surface area contributed by atoms with Gasteiger partial charge >= 0.3 is 0 Å². The molecule has 0 amide bonds. The molecule has 4 nitrogen and oxygen atoms in total. The van der Waals surface area contributed by atoms with Gasteiger partial charge < -0.3 is 9.84 Å². The molecule has 0 saturated heterocycles. The molecule has 1 rings (SSSR count). The minimum atomic E-state index is -0.589. The first kappa shape index (κ1) is 14.9. The summed E-state index contributed by atoms with van der Waals surface area (Å²) < 4.78 is 5.47. The SMILES string of the molecule is COC1(OOC(C)(C)CC(C)O)CCCCC1. The minimum Gasteiger partial charge on any atom is -0.393 e. The number of hydrogen-bond donors (Lipinski definition) is 1. The molecule has 1 aliphatic carbocycles. The molecular formula is C13H26O4. The largest absolute Gasteiger partial charge is 0.393 e. The second kappa shape index (κ2) is 6.14. The zero-order valence-corrected chi connectivity index (χ0v) is 11.5. The van der Waals surface area contributed by atoms with Gasteiger partial charge in [-0.2, -0.15) is 0 Å². The van der Waals surface area contributed by atoms with Crippen LogP contribution in [0.5, 0.6) is 0 Å². The monoisotopic (exact) mass is 246 g/mol. The fourth-order valence-electron chi connectivity index (χ4n) is 2.35. The van der Waals surface area contributed by atoms with Gasteiger partial charge in [-0.3, -0.25) is 0 Å². The van der Waals surface area contributed by atoms with E-state index >= 15 is 0 Å². The third-order valence-electron chi connectivity index (χ3n) is 3.19. The average molecular weight is 246 g/mol. The molecule has 0 radical (unpaired) electrons. The van der Waals surface area contributed by atoms with Crippen molar-refractivity contribution < 1.29 is 19.6 Å². The Bertz CT molecular complexity index is 219. The Balaban J connectivity index is 2.46. The van der Waals surface area contributed by atoms with E-state index in [0.29, 0.717) is 6.42 Å². The topological polar surface area (TPSA) is 47.9 Å². The van der Waals surface area contributed by atoms with Crippen molar-refractivity contribution in [2.75, 3.05) is 7.11 Å². The Labute approximate surface area is 104 Å². The molecule has 0 spiro atoms. The summed E-state index contributed by atoms with van der Waals surface area (Å²) in [4.78, 5) is 11.0. The van der Waals surface area contributed by atoms with Crippen LogP contribution in [0.2, 0.25) is 0 Å². The normalized spacial score (nSPS) is 22.4. The van der Waals surface area contributed by atoms with Crippen LogP contribution in [0.15, 0.2) is 0 Å². The van der Waals surface area contributed by atoms with E-state index in [2.05, 4.69) is 0 Å². The Kier molecular flexibility index (Phi) is 5.38. The molecule has 1 atom stereocenters. The van der Waals surface area contributed by atoms with E-state index in [1.165, 1.54) is 6.42 Å². The zero-order valence-electron chi connectivity index (χ0n) is 11.5. The minimum absolute atomic E-state index is 0.404. The van der Waals surface area contributed by atoms with Gasteiger partial charge in [0, 0.05) is 26.4 Å². The molecule has 4 heteroatoms. The first-order valence-electron chi connectivity index (χ1n) is 6.49. The summed E-state index contributed by atoms with van der Waals surface area (Å²) in [5.74, 6) is -0.589. The van der Waals surface area contributed by atoms with Crippen molar-refractivity contribution in [3.8, 4) is 0 Å². The van der Waals surface area contributed by atoms with Gasteiger partial charge in [0.1, 0.15) is 5.60 Å². The number of aliphatic hydroxyl groups excluding tert-OH is 1. The number of aliphatic hydroxyl groups is 1. The zero-order chi connectivity index (χ0) is 12.9. The quantitative estimate of drug-likeness (QED) is 0.445. The lowest BCUT2D eigenvalue weighted by atomic mass is 9.94. The fourth-order valence-corrected chi connectivity index (χ4v) is 2.35. The highest BCUT2D eigenvalue weighted by atomic mass is 17.2. The maximum Gasteiger partial charge on any atom is 0.201 e. The van der Waals surface area contributed by atoms with E-state index < -0.39 is 17.5 Å². The number of rotatable bonds is 6. The molecular weight excluding hydrogens is 220 g/mol. The smallest absolute Gasteiger partial charge is 0.201 e. The van der Waals surface area contributed by atoms with E-state index in [1.54, 1.807) is 14.0 Å². The van der Waals surface area contributed by atoms with Crippen LogP contribution in [0.25, 0.3) is 0 Å². The molecule has 1 fully saturated rings. The van der Waals surface area contributed by atoms with Gasteiger partial charge in [0.2, 0.25) is 5.79 Å². The van der Waals surface area contributed by atoms with E-state index in [9.17, 15) is 5.11 Å². The van der Waals surface area contributed by atoms with Crippen LogP contribution in [0, 0.1) is 0 Å². The van der Waals surface area contributed by atoms with Crippen molar-refractivity contribution in [3.63, 3.8) is 0 Å². The number of ether oxygens (including phenoxy) is 1. The summed E-state index contributed by atoms with van der Waals surface area (Å²) in [5.41, 5.74) is -0.503. The van der Waals surface area contributed by atoms with Gasteiger partial charge in [-0.05, 0) is 33.6 Å². The molecule has 102 valence electrons. The maximum atomic E-state index is 9.38. The third kappa shape index (κ3) is 4.92. The highest BCUT2D eigenvalue weighted by Gasteiger charge is 2.36. The summed E-state index contributed by atoms with van der Waals surface area (Å²) in [5, 5.41) is 9.38. The van der Waals surface area contributed by atoms with Crippen LogP contribution in [0.3, 0.4) is 0 Å². The molecule has 0 bridgehead atoms. The van der Waals surface area contributed by atoms with Crippen molar-refractivity contribution in [2.24, 2.45) is 0 Å². The molecule has 1 saturated carbocycles. The summed E-state index contributed by atoms with van der Waals surface area (Å²) in [7, 11) is 1.66. The second-order valence-corrected chi connectivity index (χ2v) is 5.65. The van der Waals surface area contributed by atoms with Crippen LogP contribution in [0.1, 0.15) is 59.3 Å². The van der Waals surface area contributed by atoms with Crippen molar-refractivity contribution in [2.45, 2.75) is 76.8 Å². The van der Waals surface area contributed by atoms with E-state index in [0.717, 1.165) is 25.7 Å². The molecule has 1 N–H and O–H groups in total. The highest BCUT2D eigenvalue weighted by Crippen LogP contribution is 2.34. The molecule has 0 heterocycles. The molecule has 1 unspecified atom stereocenters. The summed E-state index contributed by atoms with van der Waals surface area (Å²) in [6.07, 6.45) is 5.31. The Morgan fingerprint density at radius 3 is 2.29 bits per heavy atom. The molecule has 0 aliphatic heterocycles. The summed E-state index contributed by atoms with van der Waals surface area (Å²) in [6, 6.07) is 0. The van der Waals surface area contributed by atoms with Gasteiger partial charge in [0.05, 0.1) is 6.10 Å². The van der Waals surface area contributed by atoms with Gasteiger partial charge in [-0.25, -0.2) is 9.78 Å². The van der Waals surface area contributed by atoms with Crippen LogP contribution in [-0.4, -0.2) is 29.7 Å². The Morgan fingerprint density at radius 2 is 1.82 bits per heavy atom. The predicted molar refractivity (Wildman–Crippen MR) is 65.4 cm³/mol. The Hall–Kier alpha value is -0.160. The molecule has 0 aromatic heterocycles. The Morgan fingerprint density at radius 1 is 1.24 bits per heavy atom. The average Bonchev–Trinajstić information content (AvgIpc) is 2.26. The van der Waals surface area contributed by atoms with Crippen molar-refractivity contribution >= 4 is 0 Å². The van der Waals surface area contributed by atoms with Crippen molar-refractivity contribution in [3.05, 3.63) is 0 Å². The van der Waals surface area contributed by atoms with Crippen LogP contribution in [0.4, 0.5) is 0 Å². The lowest BCUT2D eigenvalue weighted by molar-refractivity contribution is -0.465. The number of methoxy groups -OCH3 is 1. The first-order valence-corrected chi connectivity index (χ1v) is 6.49. The molecule has 0 aromatic carbocycles. The van der Waals surface area contributed by atoms with E-state index in [1.807, 2.05) is 13.8 Å². The molecule has 17 heavy (non-hydrogen) atoms. The van der Waals surface area contributed by atoms with Crippen LogP contribution >= 0.6 is 0 Å². The number of hydrogen-bond acceptors (Lipinski definition) is 4. The van der Waals surface area contributed by atoms with Gasteiger partial charge in [-0.15, -0.1) is 0 Å². The lowest BCUT2D eigenvalue weighted by Gasteiger charge is -2.37. The standard InChI is InChI=1S/C13H26O4/c1-11(14)10-12(2,3)16-17-13(15-4)8-6-5-7-9-13/h11,14H,5-10H2,1-4H3. The van der Waals surface area contributed by atoms with Crippen molar-refractivity contribution in [1.29, 1.82) is 0 Å². The fraction of sp³-hybridized carbons (Fsp3) is 1.00. The van der Waals surface area contributed by atoms with E-state index in [-0.39, 0.29) is 0 Å². The van der Waals surface area contributed by atoms with Crippen LogP contribution in [-0.2, 0) is 14.5 Å². The van der Waals surface area contributed by atoms with Crippen molar-refractivity contribution in [1.82, 2.24) is 0 Å². The molecule has 0 aromatic rings. The van der Waals surface area contributed by atoms with Crippen LogP contribution < -0.4 is 0 Å². The van der Waals surface area contributed by atoms with Gasteiger partial charge in [0.15, 0.2) is 0 Å². The first-order chi connectivity index (χ1) is 7.89. The lowest BCUT2D eigenvalue weighted by Crippen LogP contribution is -2.41. The highest BCUT2D eigenvalue weighted by molar-refractivity contribution is 4.75. The molecule has 1 aliphatic rings. The van der Waals surface area contributed by atoms with Gasteiger partial charge in [0.25, 0.3) is 0 Å².